The highest BCUT2D eigenvalue weighted by Gasteiger charge is 2.40. The third-order valence-corrected chi connectivity index (χ3v) is 5.49. The van der Waals surface area contributed by atoms with Crippen LogP contribution in [0, 0.1) is 0 Å². The van der Waals surface area contributed by atoms with Crippen LogP contribution in [0.15, 0.2) is 54.6 Å². The first-order chi connectivity index (χ1) is 12.6. The monoisotopic (exact) mass is 351 g/mol. The van der Waals surface area contributed by atoms with Crippen LogP contribution < -0.4 is 10.1 Å². The summed E-state index contributed by atoms with van der Waals surface area (Å²) in [5.74, 6) is 0.951. The van der Waals surface area contributed by atoms with Crippen LogP contribution in [0.1, 0.15) is 57.9 Å². The second-order valence-corrected chi connectivity index (χ2v) is 7.32. The third kappa shape index (κ3) is 4.09. The molecule has 26 heavy (non-hydrogen) atoms. The lowest BCUT2D eigenvalue weighted by Crippen LogP contribution is -2.42. The molecule has 1 fully saturated rings. The summed E-state index contributed by atoms with van der Waals surface area (Å²) in [4.78, 5) is 13.3. The minimum atomic E-state index is -0.411. The topological polar surface area (TPSA) is 38.3 Å². The van der Waals surface area contributed by atoms with E-state index in [4.69, 9.17) is 4.74 Å². The van der Waals surface area contributed by atoms with Crippen LogP contribution in [0.5, 0.6) is 5.75 Å². The molecule has 0 radical (unpaired) electrons. The molecule has 1 atom stereocenters. The number of carbonyl (C=O) groups is 1. The summed E-state index contributed by atoms with van der Waals surface area (Å²) in [6, 6.07) is 18.0. The molecule has 1 aliphatic rings. The van der Waals surface area contributed by atoms with Crippen molar-refractivity contribution in [1.82, 2.24) is 0 Å². The molecule has 0 saturated heterocycles. The normalized spacial score (nSPS) is 17.3. The molecule has 0 bridgehead atoms. The number of nitrogens with one attached hydrogen (secondary N) is 1. The van der Waals surface area contributed by atoms with Gasteiger partial charge in [-0.2, -0.15) is 0 Å². The molecule has 138 valence electrons. The fraction of sp³-hybridized carbons (Fsp3) is 0.435. The molecular weight excluding hydrogens is 322 g/mol. The Morgan fingerprint density at radius 2 is 1.69 bits per heavy atom. The van der Waals surface area contributed by atoms with Gasteiger partial charge in [0.1, 0.15) is 5.75 Å². The molecule has 0 spiro atoms. The number of rotatable bonds is 6. The molecule has 0 unspecified atom stereocenters. The van der Waals surface area contributed by atoms with Crippen molar-refractivity contribution in [2.24, 2.45) is 0 Å². The van der Waals surface area contributed by atoms with Crippen molar-refractivity contribution in [2.75, 3.05) is 5.32 Å². The fourth-order valence-electron chi connectivity index (χ4n) is 3.74. The first kappa shape index (κ1) is 18.5. The van der Waals surface area contributed by atoms with Gasteiger partial charge in [-0.05, 0) is 56.0 Å². The smallest absolute Gasteiger partial charge is 0.235 e. The van der Waals surface area contributed by atoms with Gasteiger partial charge in [0.2, 0.25) is 5.91 Å². The van der Waals surface area contributed by atoms with Crippen LogP contribution in [0.2, 0.25) is 0 Å². The molecule has 3 rings (SSSR count). The van der Waals surface area contributed by atoms with E-state index in [-0.39, 0.29) is 12.0 Å². The van der Waals surface area contributed by atoms with Crippen LogP contribution >= 0.6 is 0 Å². The van der Waals surface area contributed by atoms with Gasteiger partial charge >= 0.3 is 0 Å². The first-order valence-corrected chi connectivity index (χ1v) is 9.78. The number of benzene rings is 2. The van der Waals surface area contributed by atoms with Gasteiger partial charge in [0.15, 0.2) is 0 Å². The Kier molecular flexibility index (Phi) is 5.97. The van der Waals surface area contributed by atoms with Gasteiger partial charge in [-0.3, -0.25) is 4.79 Å². The van der Waals surface area contributed by atoms with Crippen molar-refractivity contribution < 1.29 is 9.53 Å². The van der Waals surface area contributed by atoms with E-state index in [1.165, 1.54) is 6.42 Å². The van der Waals surface area contributed by atoms with Gasteiger partial charge in [-0.15, -0.1) is 0 Å². The third-order valence-electron chi connectivity index (χ3n) is 5.49. The Labute approximate surface area is 156 Å². The molecule has 3 heteroatoms. The molecule has 1 N–H and O–H groups in total. The van der Waals surface area contributed by atoms with E-state index in [0.29, 0.717) is 0 Å². The summed E-state index contributed by atoms with van der Waals surface area (Å²) in [6.07, 6.45) is 6.41. The standard InChI is InChI=1S/C23H29NO2/c1-3-18(2)26-21-14-12-20(13-15-21)24-22(25)23(16-8-5-9-17-23)19-10-6-4-7-11-19/h4,6-7,10-15,18H,3,5,8-9,16-17H2,1-2H3,(H,24,25)/t18-/m0/s1. The highest BCUT2D eigenvalue weighted by Crippen LogP contribution is 2.40. The predicted molar refractivity (Wildman–Crippen MR) is 107 cm³/mol. The summed E-state index contributed by atoms with van der Waals surface area (Å²) in [5, 5.41) is 3.15. The van der Waals surface area contributed by atoms with Crippen molar-refractivity contribution in [1.29, 1.82) is 0 Å². The van der Waals surface area contributed by atoms with Gasteiger partial charge in [0, 0.05) is 5.69 Å². The molecule has 2 aromatic carbocycles. The van der Waals surface area contributed by atoms with E-state index < -0.39 is 5.41 Å². The van der Waals surface area contributed by atoms with Gasteiger partial charge in [-0.1, -0.05) is 56.5 Å². The summed E-state index contributed by atoms with van der Waals surface area (Å²) in [6.45, 7) is 4.16. The average molecular weight is 351 g/mol. The number of carbonyl (C=O) groups excluding carboxylic acids is 1. The Morgan fingerprint density at radius 3 is 2.31 bits per heavy atom. The van der Waals surface area contributed by atoms with Crippen LogP contribution in [-0.2, 0) is 10.2 Å². The zero-order chi connectivity index (χ0) is 18.4. The maximum absolute atomic E-state index is 13.3. The Morgan fingerprint density at radius 1 is 1.04 bits per heavy atom. The second-order valence-electron chi connectivity index (χ2n) is 7.32. The molecular formula is C23H29NO2. The van der Waals surface area contributed by atoms with Crippen LogP contribution in [0.3, 0.4) is 0 Å². The Balaban J connectivity index is 1.76. The zero-order valence-corrected chi connectivity index (χ0v) is 15.8. The summed E-state index contributed by atoms with van der Waals surface area (Å²) in [5.41, 5.74) is 1.55. The van der Waals surface area contributed by atoms with E-state index in [0.717, 1.165) is 49.1 Å². The van der Waals surface area contributed by atoms with E-state index in [9.17, 15) is 4.79 Å². The van der Waals surface area contributed by atoms with Gasteiger partial charge in [0.25, 0.3) is 0 Å². The molecule has 2 aromatic rings. The predicted octanol–water partition coefficient (Wildman–Crippen LogP) is 5.70. The summed E-state index contributed by atoms with van der Waals surface area (Å²) >= 11 is 0. The number of hydrogen-bond acceptors (Lipinski definition) is 2. The first-order valence-electron chi connectivity index (χ1n) is 9.78. The lowest BCUT2D eigenvalue weighted by Gasteiger charge is -2.36. The van der Waals surface area contributed by atoms with Crippen molar-refractivity contribution in [3.05, 3.63) is 60.2 Å². The number of amides is 1. The van der Waals surface area contributed by atoms with E-state index >= 15 is 0 Å². The van der Waals surface area contributed by atoms with E-state index in [1.54, 1.807) is 0 Å². The maximum atomic E-state index is 13.3. The molecule has 1 aliphatic carbocycles. The van der Waals surface area contributed by atoms with E-state index in [1.807, 2.05) is 42.5 Å². The van der Waals surface area contributed by atoms with Crippen LogP contribution in [0.4, 0.5) is 5.69 Å². The number of ether oxygens (including phenoxy) is 1. The zero-order valence-electron chi connectivity index (χ0n) is 15.8. The quantitative estimate of drug-likeness (QED) is 0.724. The van der Waals surface area contributed by atoms with Crippen LogP contribution in [0.25, 0.3) is 0 Å². The summed E-state index contributed by atoms with van der Waals surface area (Å²) in [7, 11) is 0. The van der Waals surface area contributed by atoms with E-state index in [2.05, 4.69) is 31.3 Å². The van der Waals surface area contributed by atoms with Gasteiger partial charge in [-0.25, -0.2) is 0 Å². The average Bonchev–Trinajstić information content (AvgIpc) is 2.70. The SMILES string of the molecule is CC[C@H](C)Oc1ccc(NC(=O)C2(c3ccccc3)CCCCC2)cc1. The second kappa shape index (κ2) is 8.39. The number of hydrogen-bond donors (Lipinski definition) is 1. The minimum absolute atomic E-state index is 0.110. The molecule has 0 aromatic heterocycles. The molecule has 1 amide bonds. The van der Waals surface area contributed by atoms with Crippen molar-refractivity contribution in [3.63, 3.8) is 0 Å². The van der Waals surface area contributed by atoms with Crippen molar-refractivity contribution in [2.45, 2.75) is 63.9 Å². The Bertz CT molecular complexity index is 703. The highest BCUT2D eigenvalue weighted by atomic mass is 16.5. The Hall–Kier alpha value is -2.29. The lowest BCUT2D eigenvalue weighted by molar-refractivity contribution is -0.122. The van der Waals surface area contributed by atoms with Gasteiger partial charge in [0.05, 0.1) is 11.5 Å². The molecule has 0 aliphatic heterocycles. The van der Waals surface area contributed by atoms with Gasteiger partial charge < -0.3 is 10.1 Å². The van der Waals surface area contributed by atoms with Crippen molar-refractivity contribution >= 4 is 11.6 Å². The molecule has 0 heterocycles. The number of anilines is 1. The lowest BCUT2D eigenvalue weighted by atomic mass is 9.68. The minimum Gasteiger partial charge on any atom is -0.491 e. The largest absolute Gasteiger partial charge is 0.491 e. The maximum Gasteiger partial charge on any atom is 0.235 e. The van der Waals surface area contributed by atoms with Crippen LogP contribution in [-0.4, -0.2) is 12.0 Å². The van der Waals surface area contributed by atoms with Crippen molar-refractivity contribution in [3.8, 4) is 5.75 Å². The summed E-state index contributed by atoms with van der Waals surface area (Å²) < 4.78 is 5.82. The fourth-order valence-corrected chi connectivity index (χ4v) is 3.74. The molecule has 1 saturated carbocycles. The highest BCUT2D eigenvalue weighted by molar-refractivity contribution is 5.99. The molecule has 3 nitrogen and oxygen atoms in total.